The first kappa shape index (κ1) is 27.8. The van der Waals surface area contributed by atoms with E-state index in [-0.39, 0.29) is 5.78 Å². The van der Waals surface area contributed by atoms with E-state index in [9.17, 15) is 4.79 Å². The molecular weight excluding hydrogens is 532 g/mol. The lowest BCUT2D eigenvalue weighted by Crippen LogP contribution is -2.25. The molecule has 0 aliphatic carbocycles. The zero-order chi connectivity index (χ0) is 28.2. The number of carbonyl (C=O) groups excluding carboxylic acids is 1. The molecule has 0 N–H and O–H groups in total. The molecule has 0 bridgehead atoms. The summed E-state index contributed by atoms with van der Waals surface area (Å²) in [6.45, 7) is 7.04. The fourth-order valence-corrected chi connectivity index (χ4v) is 7.16. The van der Waals surface area contributed by atoms with Crippen LogP contribution in [0.3, 0.4) is 0 Å². The molecule has 7 heteroatoms. The van der Waals surface area contributed by atoms with Crippen molar-refractivity contribution in [2.75, 3.05) is 53.6 Å². The Bertz CT molecular complexity index is 1500. The van der Waals surface area contributed by atoms with Crippen LogP contribution in [-0.2, 0) is 6.54 Å². The van der Waals surface area contributed by atoms with Gasteiger partial charge in [0.15, 0.2) is 5.78 Å². The zero-order valence-corrected chi connectivity index (χ0v) is 24.8. The molecule has 0 unspecified atom stereocenters. The first-order valence-electron chi connectivity index (χ1n) is 14.6. The van der Waals surface area contributed by atoms with E-state index >= 15 is 0 Å². The Morgan fingerprint density at radius 3 is 2.22 bits per heavy atom. The Labute approximate surface area is 246 Å². The average molecular weight is 571 g/mol. The number of nitrogens with zero attached hydrogens (tertiary/aromatic N) is 2. The van der Waals surface area contributed by atoms with E-state index in [2.05, 4.69) is 21.9 Å². The Morgan fingerprint density at radius 2 is 1.51 bits per heavy atom. The summed E-state index contributed by atoms with van der Waals surface area (Å²) < 4.78 is 18.4. The number of thiophene rings is 1. The van der Waals surface area contributed by atoms with Crippen LogP contribution < -0.4 is 14.2 Å². The van der Waals surface area contributed by atoms with Gasteiger partial charge in [0.25, 0.3) is 0 Å². The zero-order valence-electron chi connectivity index (χ0n) is 24.0. The molecule has 4 aromatic rings. The SMILES string of the molecule is COc1ccc2sc(-c3ccc(OCCN4CCCC4)cc3)c(C(=O)c3ccc(CN4CCCC4)c(OC)c3)c2c1. The lowest BCUT2D eigenvalue weighted by Gasteiger charge is -2.17. The molecule has 3 heterocycles. The second kappa shape index (κ2) is 12.6. The molecule has 0 atom stereocenters. The largest absolute Gasteiger partial charge is 0.497 e. The lowest BCUT2D eigenvalue weighted by molar-refractivity contribution is 0.104. The number of benzene rings is 3. The third kappa shape index (κ3) is 6.13. The highest BCUT2D eigenvalue weighted by Gasteiger charge is 2.24. The van der Waals surface area contributed by atoms with E-state index in [0.29, 0.717) is 17.7 Å². The number of ketones is 1. The van der Waals surface area contributed by atoms with Crippen LogP contribution in [0.15, 0.2) is 60.7 Å². The Hall–Kier alpha value is -3.39. The van der Waals surface area contributed by atoms with Crippen LogP contribution in [0.4, 0.5) is 0 Å². The predicted molar refractivity (Wildman–Crippen MR) is 166 cm³/mol. The van der Waals surface area contributed by atoms with Gasteiger partial charge >= 0.3 is 0 Å². The van der Waals surface area contributed by atoms with E-state index in [1.807, 2.05) is 48.5 Å². The summed E-state index contributed by atoms with van der Waals surface area (Å²) in [5.41, 5.74) is 3.43. The van der Waals surface area contributed by atoms with E-state index in [1.54, 1.807) is 25.6 Å². The van der Waals surface area contributed by atoms with Gasteiger partial charge in [0.2, 0.25) is 0 Å². The van der Waals surface area contributed by atoms with Gasteiger partial charge in [0.05, 0.1) is 14.2 Å². The first-order valence-corrected chi connectivity index (χ1v) is 15.4. The Morgan fingerprint density at radius 1 is 0.805 bits per heavy atom. The maximum absolute atomic E-state index is 14.2. The Kier molecular flexibility index (Phi) is 8.56. The van der Waals surface area contributed by atoms with Crippen molar-refractivity contribution in [1.82, 2.24) is 9.80 Å². The van der Waals surface area contributed by atoms with E-state index in [4.69, 9.17) is 14.2 Å². The third-order valence-corrected chi connectivity index (χ3v) is 9.48. The average Bonchev–Trinajstić information content (AvgIpc) is 3.79. The molecule has 6 rings (SSSR count). The Balaban J connectivity index is 1.30. The van der Waals surface area contributed by atoms with Gasteiger partial charge in [-0.1, -0.05) is 12.1 Å². The molecule has 0 radical (unpaired) electrons. The van der Waals surface area contributed by atoms with Gasteiger partial charge in [-0.3, -0.25) is 14.6 Å². The molecule has 0 saturated carbocycles. The van der Waals surface area contributed by atoms with Crippen LogP contribution in [0.25, 0.3) is 20.5 Å². The normalized spacial score (nSPS) is 16.0. The second-order valence-corrected chi connectivity index (χ2v) is 12.0. The van der Waals surface area contributed by atoms with Gasteiger partial charge in [-0.2, -0.15) is 0 Å². The highest BCUT2D eigenvalue weighted by Crippen LogP contribution is 2.42. The van der Waals surface area contributed by atoms with Crippen LogP contribution in [0.1, 0.15) is 47.2 Å². The van der Waals surface area contributed by atoms with E-state index < -0.39 is 0 Å². The van der Waals surface area contributed by atoms with Gasteiger partial charge in [-0.05, 0) is 106 Å². The summed E-state index contributed by atoms with van der Waals surface area (Å²) in [6.07, 6.45) is 5.04. The standard InChI is InChI=1S/C34H38N2O4S/c1-38-28-13-14-31-29(22-28)32(33(37)25-7-8-26(30(21-25)39-2)23-36-17-5-6-18-36)34(41-31)24-9-11-27(12-10-24)40-20-19-35-15-3-4-16-35/h7-14,21-22H,3-6,15-20,23H2,1-2H3. The maximum atomic E-state index is 14.2. The minimum absolute atomic E-state index is 0.0172. The van der Waals surface area contributed by atoms with Crippen LogP contribution in [0.2, 0.25) is 0 Å². The molecule has 2 aliphatic heterocycles. The number of fused-ring (bicyclic) bond motifs is 1. The summed E-state index contributed by atoms with van der Waals surface area (Å²) in [7, 11) is 3.34. The van der Waals surface area contributed by atoms with Crippen molar-refractivity contribution in [3.05, 3.63) is 77.4 Å². The number of carbonyl (C=O) groups is 1. The van der Waals surface area contributed by atoms with Gasteiger partial charge in [-0.25, -0.2) is 0 Å². The molecule has 3 aromatic carbocycles. The smallest absolute Gasteiger partial charge is 0.195 e. The summed E-state index contributed by atoms with van der Waals surface area (Å²) in [5, 5.41) is 0.903. The summed E-state index contributed by atoms with van der Waals surface area (Å²) in [6, 6.07) is 20.0. The number of rotatable bonds is 11. The molecule has 41 heavy (non-hydrogen) atoms. The highest BCUT2D eigenvalue weighted by molar-refractivity contribution is 7.22. The fourth-order valence-electron chi connectivity index (χ4n) is 5.98. The minimum Gasteiger partial charge on any atom is -0.497 e. The van der Waals surface area contributed by atoms with Gasteiger partial charge in [0.1, 0.15) is 23.9 Å². The maximum Gasteiger partial charge on any atom is 0.195 e. The molecule has 0 spiro atoms. The predicted octanol–water partition coefficient (Wildman–Crippen LogP) is 6.89. The molecule has 214 valence electrons. The number of hydrogen-bond donors (Lipinski definition) is 0. The van der Waals surface area contributed by atoms with Crippen molar-refractivity contribution < 1.29 is 19.0 Å². The monoisotopic (exact) mass is 570 g/mol. The molecule has 0 amide bonds. The van der Waals surface area contributed by atoms with Gasteiger partial charge < -0.3 is 14.2 Å². The second-order valence-electron chi connectivity index (χ2n) is 10.9. The van der Waals surface area contributed by atoms with Crippen molar-refractivity contribution >= 4 is 27.2 Å². The van der Waals surface area contributed by atoms with Crippen molar-refractivity contribution in [3.63, 3.8) is 0 Å². The molecule has 2 aliphatic rings. The van der Waals surface area contributed by atoms with Crippen LogP contribution in [0, 0.1) is 0 Å². The fraction of sp³-hybridized carbons (Fsp3) is 0.382. The van der Waals surface area contributed by atoms with Gasteiger partial charge in [0, 0.05) is 44.7 Å². The van der Waals surface area contributed by atoms with Crippen molar-refractivity contribution in [2.24, 2.45) is 0 Å². The summed E-state index contributed by atoms with van der Waals surface area (Å²) >= 11 is 1.63. The number of ether oxygens (including phenoxy) is 3. The number of hydrogen-bond acceptors (Lipinski definition) is 7. The first-order chi connectivity index (χ1) is 20.1. The topological polar surface area (TPSA) is 51.2 Å². The molecule has 2 saturated heterocycles. The van der Waals surface area contributed by atoms with Crippen molar-refractivity contribution in [1.29, 1.82) is 0 Å². The third-order valence-electron chi connectivity index (χ3n) is 8.26. The lowest BCUT2D eigenvalue weighted by atomic mass is 9.96. The number of methoxy groups -OCH3 is 2. The summed E-state index contributed by atoms with van der Waals surface area (Å²) in [5.74, 6) is 2.33. The molecule has 2 fully saturated rings. The minimum atomic E-state index is -0.0172. The van der Waals surface area contributed by atoms with Crippen molar-refractivity contribution in [3.8, 4) is 27.7 Å². The van der Waals surface area contributed by atoms with Crippen LogP contribution in [0.5, 0.6) is 17.2 Å². The van der Waals surface area contributed by atoms with Gasteiger partial charge in [-0.15, -0.1) is 11.3 Å². The number of likely N-dealkylation sites (tertiary alicyclic amines) is 2. The molecule has 6 nitrogen and oxygen atoms in total. The summed E-state index contributed by atoms with van der Waals surface area (Å²) in [4.78, 5) is 20.1. The quantitative estimate of drug-likeness (QED) is 0.183. The molecule has 1 aromatic heterocycles. The van der Waals surface area contributed by atoms with Crippen LogP contribution >= 0.6 is 11.3 Å². The van der Waals surface area contributed by atoms with E-state index in [1.165, 1.54) is 38.8 Å². The van der Waals surface area contributed by atoms with Crippen LogP contribution in [-0.4, -0.2) is 69.1 Å². The van der Waals surface area contributed by atoms with E-state index in [0.717, 1.165) is 69.5 Å². The van der Waals surface area contributed by atoms with Crippen molar-refractivity contribution in [2.45, 2.75) is 32.2 Å². The highest BCUT2D eigenvalue weighted by atomic mass is 32.1. The molecular formula is C34H38N2O4S.